The van der Waals surface area contributed by atoms with Crippen molar-refractivity contribution in [2.45, 2.75) is 0 Å². The minimum Gasteiger partial charge on any atom is -0.399 e. The molecule has 0 aromatic carbocycles. The number of hydrogen-bond donors (Lipinski definition) is 0. The summed E-state index contributed by atoms with van der Waals surface area (Å²) < 4.78 is 20.8. The minimum atomic E-state index is -1.14. The van der Waals surface area contributed by atoms with Crippen molar-refractivity contribution in [3.8, 4) is 0 Å². The van der Waals surface area contributed by atoms with Crippen molar-refractivity contribution in [3.05, 3.63) is 0 Å². The Labute approximate surface area is 52.9 Å². The average Bonchev–Trinajstić information content (AvgIpc) is 1.27. The van der Waals surface area contributed by atoms with Gasteiger partial charge < -0.3 is 8.92 Å². The van der Waals surface area contributed by atoms with E-state index in [0.29, 0.717) is 0 Å². The molecule has 0 bridgehead atoms. The van der Waals surface area contributed by atoms with Crippen molar-refractivity contribution in [2.24, 2.45) is 0 Å². The SMILES string of the molecule is O=[Si]([SiH3])[SiH2][Si](=O)[SiH3]. The normalized spacial score (nSPS) is 10.9. The van der Waals surface area contributed by atoms with Gasteiger partial charge in [0.25, 0.3) is 0 Å². The van der Waals surface area contributed by atoms with Crippen LogP contribution in [0.3, 0.4) is 0 Å². The molecular weight excluding hydrogens is 172 g/mol. The summed E-state index contributed by atoms with van der Waals surface area (Å²) in [6.45, 7) is 0. The molecule has 0 aromatic rings. The summed E-state index contributed by atoms with van der Waals surface area (Å²) in [7, 11) is -1.14. The summed E-state index contributed by atoms with van der Waals surface area (Å²) in [5.41, 5.74) is 0. The molecular formula is H8O2Si5. The van der Waals surface area contributed by atoms with Gasteiger partial charge >= 0.3 is 0 Å². The molecule has 0 amide bonds. The van der Waals surface area contributed by atoms with Crippen LogP contribution in [0.5, 0.6) is 0 Å². The first-order valence-corrected chi connectivity index (χ1v) is 16.6. The molecule has 0 aliphatic rings. The average molecular weight is 180 g/mol. The monoisotopic (exact) mass is 180 g/mol. The van der Waals surface area contributed by atoms with Crippen LogP contribution in [0.25, 0.3) is 0 Å². The molecule has 0 unspecified atom stereocenters. The lowest BCUT2D eigenvalue weighted by Gasteiger charge is -1.75. The third-order valence-corrected chi connectivity index (χ3v) is 32.5. The predicted octanol–water partition coefficient (Wildman–Crippen LogP) is -4.28. The van der Waals surface area contributed by atoms with Gasteiger partial charge in [0.15, 0.2) is 0 Å². The lowest BCUT2D eigenvalue weighted by Crippen LogP contribution is -2.23. The summed E-state index contributed by atoms with van der Waals surface area (Å²) in [6.07, 6.45) is 0. The van der Waals surface area contributed by atoms with Crippen molar-refractivity contribution in [1.82, 2.24) is 0 Å². The molecule has 0 heterocycles. The minimum absolute atomic E-state index is 0.503. The van der Waals surface area contributed by atoms with Crippen LogP contribution >= 0.6 is 0 Å². The van der Waals surface area contributed by atoms with Crippen molar-refractivity contribution in [3.63, 3.8) is 0 Å². The molecule has 7 heteroatoms. The summed E-state index contributed by atoms with van der Waals surface area (Å²) in [5, 5.41) is 0. The van der Waals surface area contributed by atoms with E-state index in [0.717, 1.165) is 19.5 Å². The van der Waals surface area contributed by atoms with Crippen LogP contribution < -0.4 is 0 Å². The van der Waals surface area contributed by atoms with Crippen LogP contribution in [-0.4, -0.2) is 43.5 Å². The van der Waals surface area contributed by atoms with Gasteiger partial charge in [-0.3, -0.25) is 0 Å². The quantitative estimate of drug-likeness (QED) is 0.403. The van der Waals surface area contributed by atoms with Crippen molar-refractivity contribution >= 4 is 43.5 Å². The van der Waals surface area contributed by atoms with Gasteiger partial charge in [0.05, 0.1) is 19.5 Å². The fourth-order valence-electron chi connectivity index (χ4n) is 0.351. The van der Waals surface area contributed by atoms with Gasteiger partial charge in [-0.25, -0.2) is 0 Å². The van der Waals surface area contributed by atoms with Gasteiger partial charge in [-0.15, -0.1) is 0 Å². The molecule has 0 aromatic heterocycles. The molecule has 0 aliphatic carbocycles. The van der Waals surface area contributed by atoms with E-state index in [1.165, 1.54) is 0 Å². The molecule has 0 atom stereocenters. The fraction of sp³-hybridized carbons (Fsp3) is 0. The van der Waals surface area contributed by atoms with Crippen molar-refractivity contribution < 1.29 is 8.92 Å². The topological polar surface area (TPSA) is 34.1 Å². The Morgan fingerprint density at radius 3 is 1.43 bits per heavy atom. The first-order valence-electron chi connectivity index (χ1n) is 2.12. The number of rotatable bonds is 2. The highest BCUT2D eigenvalue weighted by atomic mass is 29.8. The third kappa shape index (κ3) is 6.68. The Morgan fingerprint density at radius 2 is 1.43 bits per heavy atom. The highest BCUT2D eigenvalue weighted by molar-refractivity contribution is 7.53. The zero-order valence-electron chi connectivity index (χ0n) is 4.52. The summed E-state index contributed by atoms with van der Waals surface area (Å²) >= 11 is 0. The van der Waals surface area contributed by atoms with E-state index in [1.807, 2.05) is 0 Å². The van der Waals surface area contributed by atoms with Crippen LogP contribution in [0.2, 0.25) is 0 Å². The van der Waals surface area contributed by atoms with E-state index < -0.39 is 24.0 Å². The van der Waals surface area contributed by atoms with Crippen molar-refractivity contribution in [1.29, 1.82) is 0 Å². The highest BCUT2D eigenvalue weighted by Gasteiger charge is 2.01. The highest BCUT2D eigenvalue weighted by Crippen LogP contribution is 1.51. The summed E-state index contributed by atoms with van der Waals surface area (Å²) in [6, 6.07) is 0. The molecule has 0 rings (SSSR count). The zero-order chi connectivity index (χ0) is 5.86. The van der Waals surface area contributed by atoms with E-state index in [9.17, 15) is 8.92 Å². The Bertz CT molecular complexity index is 82.3. The van der Waals surface area contributed by atoms with Crippen LogP contribution in [0.15, 0.2) is 0 Å². The maximum absolute atomic E-state index is 10.4. The maximum atomic E-state index is 10.4. The predicted molar refractivity (Wildman–Crippen MR) is 41.3 cm³/mol. The van der Waals surface area contributed by atoms with Crippen LogP contribution in [0.1, 0.15) is 0 Å². The fourth-order valence-corrected chi connectivity index (χ4v) is 55.4. The number of hydrogen-bond acceptors (Lipinski definition) is 2. The first kappa shape index (κ1) is 7.68. The third-order valence-electron chi connectivity index (χ3n) is 0.498. The molecule has 7 heavy (non-hydrogen) atoms. The van der Waals surface area contributed by atoms with E-state index >= 15 is 0 Å². The van der Waals surface area contributed by atoms with E-state index in [4.69, 9.17) is 0 Å². The molecule has 0 radical (unpaired) electrons. The van der Waals surface area contributed by atoms with Crippen LogP contribution in [-0.2, 0) is 8.92 Å². The zero-order valence-corrected chi connectivity index (χ0v) is 11.9. The standard InChI is InChI=1S/H8O2Si5/c1-6(3)5-7(2)4/h5H2,3-4H3. The van der Waals surface area contributed by atoms with Gasteiger partial charge in [-0.1, -0.05) is 0 Å². The van der Waals surface area contributed by atoms with Gasteiger partial charge in [0, 0.05) is 0 Å². The lowest BCUT2D eigenvalue weighted by atomic mass is 16.0. The van der Waals surface area contributed by atoms with Crippen molar-refractivity contribution in [2.75, 3.05) is 0 Å². The second-order valence-electron chi connectivity index (χ2n) is 1.58. The largest absolute Gasteiger partial charge is 0.399 e. The molecule has 0 aliphatic heterocycles. The lowest BCUT2D eigenvalue weighted by molar-refractivity contribution is 0.579. The van der Waals surface area contributed by atoms with Crippen LogP contribution in [0, 0.1) is 0 Å². The Hall–Kier alpha value is 0.684. The van der Waals surface area contributed by atoms with Crippen LogP contribution in [0.4, 0.5) is 0 Å². The molecule has 0 spiro atoms. The van der Waals surface area contributed by atoms with E-state index in [1.54, 1.807) is 0 Å². The molecule has 0 N–H and O–H groups in total. The van der Waals surface area contributed by atoms with Gasteiger partial charge in [0.1, 0.15) is 8.55 Å². The van der Waals surface area contributed by atoms with Gasteiger partial charge in [-0.05, 0) is 0 Å². The second-order valence-corrected chi connectivity index (χ2v) is 30.1. The summed E-state index contributed by atoms with van der Waals surface area (Å²) in [4.78, 5) is 0. The molecule has 0 saturated heterocycles. The maximum Gasteiger partial charge on any atom is 0.222 e. The van der Waals surface area contributed by atoms with Gasteiger partial charge in [0.2, 0.25) is 15.4 Å². The second kappa shape index (κ2) is 3.66. The smallest absolute Gasteiger partial charge is 0.222 e. The van der Waals surface area contributed by atoms with E-state index in [-0.39, 0.29) is 0 Å². The molecule has 0 fully saturated rings. The Kier molecular flexibility index (Phi) is 4.02. The Balaban J connectivity index is 3.32. The Morgan fingerprint density at radius 1 is 1.14 bits per heavy atom. The first-order chi connectivity index (χ1) is 3.13. The molecule has 0 saturated carbocycles. The summed E-state index contributed by atoms with van der Waals surface area (Å²) in [5.74, 6) is 0. The molecule has 2 nitrogen and oxygen atoms in total. The van der Waals surface area contributed by atoms with Gasteiger partial charge in [-0.2, -0.15) is 0 Å². The van der Waals surface area contributed by atoms with E-state index in [2.05, 4.69) is 0 Å². The molecule has 40 valence electrons.